The topological polar surface area (TPSA) is 69.8 Å². The zero-order chi connectivity index (χ0) is 15.4. The number of aliphatic hydroxyl groups is 1. The van der Waals surface area contributed by atoms with E-state index in [4.69, 9.17) is 0 Å². The average molecular weight is 293 g/mol. The normalized spacial score (nSPS) is 18.5. The Bertz CT molecular complexity index is 507. The molecule has 1 N–H and O–H groups in total. The molecule has 1 fully saturated rings. The highest BCUT2D eigenvalue weighted by Gasteiger charge is 2.28. The van der Waals surface area contributed by atoms with E-state index in [2.05, 4.69) is 23.8 Å². The van der Waals surface area contributed by atoms with E-state index in [1.807, 2.05) is 0 Å². The minimum absolute atomic E-state index is 0.0964. The fraction of sp³-hybridized carbons (Fsp3) is 0.600. The number of hydrogen-bond donors (Lipinski definition) is 1. The first kappa shape index (κ1) is 15.7. The van der Waals surface area contributed by atoms with Crippen molar-refractivity contribution in [2.45, 2.75) is 20.0 Å². The van der Waals surface area contributed by atoms with E-state index in [9.17, 15) is 15.2 Å². The van der Waals surface area contributed by atoms with Crippen molar-refractivity contribution < 1.29 is 10.0 Å². The molecule has 1 aliphatic heterocycles. The van der Waals surface area contributed by atoms with Crippen LogP contribution in [0.25, 0.3) is 0 Å². The van der Waals surface area contributed by atoms with Crippen molar-refractivity contribution in [2.24, 2.45) is 5.92 Å². The number of rotatable bonds is 6. The van der Waals surface area contributed by atoms with E-state index in [1.165, 1.54) is 6.07 Å². The molecule has 116 valence electrons. The Hall–Kier alpha value is -1.66. The number of hydrogen-bond acceptors (Lipinski definition) is 5. The van der Waals surface area contributed by atoms with Gasteiger partial charge >= 0.3 is 0 Å². The number of nitro benzene ring substituents is 1. The maximum absolute atomic E-state index is 11.2. The third kappa shape index (κ3) is 3.71. The second-order valence-corrected chi connectivity index (χ2v) is 5.69. The van der Waals surface area contributed by atoms with Crippen LogP contribution in [0.2, 0.25) is 0 Å². The van der Waals surface area contributed by atoms with Crippen molar-refractivity contribution in [3.8, 4) is 0 Å². The van der Waals surface area contributed by atoms with E-state index in [0.717, 1.165) is 32.6 Å². The van der Waals surface area contributed by atoms with E-state index in [1.54, 1.807) is 12.1 Å². The number of nitrogens with zero attached hydrogens (tertiary/aromatic N) is 3. The summed E-state index contributed by atoms with van der Waals surface area (Å²) in [7, 11) is 2.09. The molecule has 1 unspecified atom stereocenters. The van der Waals surface area contributed by atoms with Crippen LogP contribution in [0, 0.1) is 16.0 Å². The molecule has 2 rings (SSSR count). The minimum atomic E-state index is -0.345. The Kier molecular flexibility index (Phi) is 5.14. The van der Waals surface area contributed by atoms with Gasteiger partial charge in [-0.15, -0.1) is 0 Å². The molecule has 21 heavy (non-hydrogen) atoms. The maximum Gasteiger partial charge on any atom is 0.292 e. The van der Waals surface area contributed by atoms with Crippen LogP contribution < -0.4 is 4.90 Å². The van der Waals surface area contributed by atoms with Gasteiger partial charge in [0.25, 0.3) is 5.69 Å². The number of benzene rings is 1. The van der Waals surface area contributed by atoms with Crippen molar-refractivity contribution in [3.63, 3.8) is 0 Å². The average Bonchev–Trinajstić information content (AvgIpc) is 2.94. The van der Waals surface area contributed by atoms with Gasteiger partial charge in [-0.3, -0.25) is 10.1 Å². The van der Waals surface area contributed by atoms with Crippen molar-refractivity contribution in [1.29, 1.82) is 0 Å². The minimum Gasteiger partial charge on any atom is -0.392 e. The molecule has 1 aromatic carbocycles. The molecular formula is C15H23N3O3. The standard InChI is InChI=1S/C15H23N3O3/c1-3-16(2)9-13-6-7-17(10-13)15-8-12(11-19)4-5-14(15)18(20)21/h4-5,8,13,19H,3,6-7,9-11H2,1-2H3. The van der Waals surface area contributed by atoms with Crippen LogP contribution in [0.15, 0.2) is 18.2 Å². The molecular weight excluding hydrogens is 270 g/mol. The lowest BCUT2D eigenvalue weighted by Gasteiger charge is -2.21. The Morgan fingerprint density at radius 3 is 2.90 bits per heavy atom. The molecule has 1 heterocycles. The summed E-state index contributed by atoms with van der Waals surface area (Å²) >= 11 is 0. The van der Waals surface area contributed by atoms with Gasteiger partial charge in [-0.2, -0.15) is 0 Å². The zero-order valence-corrected chi connectivity index (χ0v) is 12.7. The molecule has 1 aromatic rings. The van der Waals surface area contributed by atoms with Crippen LogP contribution in [0.5, 0.6) is 0 Å². The summed E-state index contributed by atoms with van der Waals surface area (Å²) in [5.74, 6) is 0.535. The fourth-order valence-corrected chi connectivity index (χ4v) is 2.85. The van der Waals surface area contributed by atoms with Crippen molar-refractivity contribution in [1.82, 2.24) is 4.90 Å². The van der Waals surface area contributed by atoms with E-state index < -0.39 is 0 Å². The SMILES string of the molecule is CCN(C)CC1CCN(c2cc(CO)ccc2[N+](=O)[O-])C1. The smallest absolute Gasteiger partial charge is 0.292 e. The highest BCUT2D eigenvalue weighted by Crippen LogP contribution is 2.33. The van der Waals surface area contributed by atoms with Gasteiger partial charge in [-0.05, 0) is 43.6 Å². The molecule has 0 amide bonds. The summed E-state index contributed by atoms with van der Waals surface area (Å²) in [6, 6.07) is 4.84. The van der Waals surface area contributed by atoms with Crippen LogP contribution in [-0.2, 0) is 6.61 Å². The van der Waals surface area contributed by atoms with Crippen LogP contribution in [0.3, 0.4) is 0 Å². The summed E-state index contributed by atoms with van der Waals surface area (Å²) in [5.41, 5.74) is 1.47. The second-order valence-electron chi connectivity index (χ2n) is 5.69. The van der Waals surface area contributed by atoms with Crippen molar-refractivity contribution in [2.75, 3.05) is 38.1 Å². The molecule has 0 aliphatic carbocycles. The lowest BCUT2D eigenvalue weighted by Crippen LogP contribution is -2.28. The molecule has 1 saturated heterocycles. The molecule has 0 bridgehead atoms. The fourth-order valence-electron chi connectivity index (χ4n) is 2.85. The summed E-state index contributed by atoms with van der Waals surface area (Å²) < 4.78 is 0. The maximum atomic E-state index is 11.2. The van der Waals surface area contributed by atoms with Gasteiger partial charge in [0.2, 0.25) is 0 Å². The predicted octanol–water partition coefficient (Wildman–Crippen LogP) is 1.87. The van der Waals surface area contributed by atoms with Gasteiger partial charge < -0.3 is 14.9 Å². The molecule has 0 aromatic heterocycles. The van der Waals surface area contributed by atoms with Gasteiger partial charge in [0.15, 0.2) is 0 Å². The van der Waals surface area contributed by atoms with Gasteiger partial charge in [0, 0.05) is 25.7 Å². The highest BCUT2D eigenvalue weighted by molar-refractivity contribution is 5.65. The number of aliphatic hydroxyl groups excluding tert-OH is 1. The third-order valence-electron chi connectivity index (χ3n) is 4.16. The van der Waals surface area contributed by atoms with Crippen LogP contribution >= 0.6 is 0 Å². The van der Waals surface area contributed by atoms with Crippen LogP contribution in [-0.4, -0.2) is 48.2 Å². The lowest BCUT2D eigenvalue weighted by atomic mass is 10.1. The van der Waals surface area contributed by atoms with Gasteiger partial charge in [-0.1, -0.05) is 6.92 Å². The molecule has 0 saturated carbocycles. The molecule has 1 atom stereocenters. The van der Waals surface area contributed by atoms with E-state index >= 15 is 0 Å². The Labute approximate surface area is 125 Å². The molecule has 0 radical (unpaired) electrons. The summed E-state index contributed by atoms with van der Waals surface area (Å²) in [4.78, 5) is 15.2. The molecule has 6 heteroatoms. The quantitative estimate of drug-likeness (QED) is 0.640. The lowest BCUT2D eigenvalue weighted by molar-refractivity contribution is -0.384. The summed E-state index contributed by atoms with van der Waals surface area (Å²) in [6.07, 6.45) is 1.05. The Balaban J connectivity index is 2.16. The van der Waals surface area contributed by atoms with Crippen LogP contribution in [0.1, 0.15) is 18.9 Å². The molecule has 6 nitrogen and oxygen atoms in total. The van der Waals surface area contributed by atoms with E-state index in [0.29, 0.717) is 17.2 Å². The molecule has 1 aliphatic rings. The highest BCUT2D eigenvalue weighted by atomic mass is 16.6. The van der Waals surface area contributed by atoms with Gasteiger partial charge in [0.05, 0.1) is 11.5 Å². The van der Waals surface area contributed by atoms with E-state index in [-0.39, 0.29) is 17.2 Å². The van der Waals surface area contributed by atoms with Gasteiger partial charge in [-0.25, -0.2) is 0 Å². The van der Waals surface area contributed by atoms with Crippen molar-refractivity contribution >= 4 is 11.4 Å². The largest absolute Gasteiger partial charge is 0.392 e. The first-order valence-corrected chi connectivity index (χ1v) is 7.36. The Morgan fingerprint density at radius 2 is 2.29 bits per heavy atom. The summed E-state index contributed by atoms with van der Waals surface area (Å²) in [5, 5.41) is 20.4. The van der Waals surface area contributed by atoms with Gasteiger partial charge in [0.1, 0.15) is 5.69 Å². The number of anilines is 1. The summed E-state index contributed by atoms with van der Waals surface area (Å²) in [6.45, 7) is 5.72. The zero-order valence-electron chi connectivity index (χ0n) is 12.7. The predicted molar refractivity (Wildman–Crippen MR) is 82.5 cm³/mol. The monoisotopic (exact) mass is 293 g/mol. The van der Waals surface area contributed by atoms with Crippen LogP contribution in [0.4, 0.5) is 11.4 Å². The first-order valence-electron chi connectivity index (χ1n) is 7.36. The number of nitro groups is 1. The molecule has 0 spiro atoms. The first-order chi connectivity index (χ1) is 10.0. The third-order valence-corrected chi connectivity index (χ3v) is 4.16. The second kappa shape index (κ2) is 6.87. The van der Waals surface area contributed by atoms with Crippen molar-refractivity contribution in [3.05, 3.63) is 33.9 Å². The Morgan fingerprint density at radius 1 is 1.52 bits per heavy atom.